The summed E-state index contributed by atoms with van der Waals surface area (Å²) in [5, 5.41) is 11.0. The lowest BCUT2D eigenvalue weighted by molar-refractivity contribution is -0.159. The normalized spacial score (nSPS) is 28.2. The minimum absolute atomic E-state index is 0.0932. The Bertz CT molecular complexity index is 1550. The first kappa shape index (κ1) is 36.5. The molecule has 3 unspecified atom stereocenters. The van der Waals surface area contributed by atoms with E-state index in [0.717, 1.165) is 5.56 Å². The van der Waals surface area contributed by atoms with Crippen molar-refractivity contribution >= 4 is 23.4 Å². The number of carbonyl (C=O) groups excluding carboxylic acids is 3. The molecule has 2 aromatic rings. The number of aliphatic hydroxyl groups excluding tert-OH is 1. The maximum Gasteiger partial charge on any atom is 0.249 e. The number of benzene rings is 2. The van der Waals surface area contributed by atoms with E-state index in [1.807, 2.05) is 72.5 Å². The first-order chi connectivity index (χ1) is 23.1. The van der Waals surface area contributed by atoms with Gasteiger partial charge in [-0.2, -0.15) is 0 Å². The number of nitrogens with zero attached hydrogens (tertiary/aromatic N) is 3. The summed E-state index contributed by atoms with van der Waals surface area (Å²) in [4.78, 5) is 50.5. The van der Waals surface area contributed by atoms with Crippen molar-refractivity contribution in [2.75, 3.05) is 24.6 Å². The fourth-order valence-electron chi connectivity index (χ4n) is 9.40. The van der Waals surface area contributed by atoms with Gasteiger partial charge in [0.15, 0.2) is 0 Å². The van der Waals surface area contributed by atoms with Crippen molar-refractivity contribution in [3.8, 4) is 0 Å². The maximum atomic E-state index is 15.4. The molecular formula is C41H55N3O5. The summed E-state index contributed by atoms with van der Waals surface area (Å²) < 4.78 is 7.11. The average Bonchev–Trinajstić information content (AvgIpc) is 3.56. The molecule has 2 aromatic carbocycles. The summed E-state index contributed by atoms with van der Waals surface area (Å²) in [5.41, 5.74) is -1.31. The van der Waals surface area contributed by atoms with Crippen LogP contribution in [0, 0.1) is 23.2 Å². The minimum atomic E-state index is -1.26. The molecule has 0 saturated carbocycles. The smallest absolute Gasteiger partial charge is 0.249 e. The van der Waals surface area contributed by atoms with Crippen LogP contribution in [0.2, 0.25) is 0 Å². The monoisotopic (exact) mass is 669 g/mol. The second kappa shape index (κ2) is 13.5. The van der Waals surface area contributed by atoms with Crippen LogP contribution in [-0.2, 0) is 25.5 Å². The summed E-state index contributed by atoms with van der Waals surface area (Å²) in [5.74, 6) is -2.68. The van der Waals surface area contributed by atoms with Crippen LogP contribution in [0.1, 0.15) is 66.9 Å². The fraction of sp³-hybridized carbons (Fsp3) is 0.537. The molecule has 49 heavy (non-hydrogen) atoms. The van der Waals surface area contributed by atoms with Crippen LogP contribution >= 0.6 is 0 Å². The van der Waals surface area contributed by atoms with Crippen LogP contribution in [0.5, 0.6) is 0 Å². The number of anilines is 1. The minimum Gasteiger partial charge on any atom is -0.394 e. The molecule has 1 spiro atoms. The van der Waals surface area contributed by atoms with Gasteiger partial charge in [-0.15, -0.1) is 13.2 Å². The van der Waals surface area contributed by atoms with Crippen LogP contribution in [0.3, 0.4) is 0 Å². The molecule has 2 bridgehead atoms. The first-order valence-corrected chi connectivity index (χ1v) is 17.6. The van der Waals surface area contributed by atoms with Crippen LogP contribution < -0.4 is 4.90 Å². The Morgan fingerprint density at radius 1 is 1.00 bits per heavy atom. The van der Waals surface area contributed by atoms with Gasteiger partial charge in [-0.3, -0.25) is 14.4 Å². The molecule has 0 aliphatic carbocycles. The molecule has 0 radical (unpaired) electrons. The molecule has 3 heterocycles. The van der Waals surface area contributed by atoms with Crippen LogP contribution in [-0.4, -0.2) is 81.1 Å². The van der Waals surface area contributed by atoms with E-state index in [9.17, 15) is 9.90 Å². The van der Waals surface area contributed by atoms with E-state index in [1.165, 1.54) is 0 Å². The number of para-hydroxylation sites is 1. The van der Waals surface area contributed by atoms with Gasteiger partial charge in [-0.1, -0.05) is 88.4 Å². The van der Waals surface area contributed by atoms with Crippen molar-refractivity contribution in [3.63, 3.8) is 0 Å². The van der Waals surface area contributed by atoms with Crippen molar-refractivity contribution in [1.82, 2.24) is 9.80 Å². The highest BCUT2D eigenvalue weighted by molar-refractivity contribution is 6.03. The summed E-state index contributed by atoms with van der Waals surface area (Å²) in [6.07, 6.45) is 4.90. The fourth-order valence-corrected chi connectivity index (χ4v) is 9.40. The van der Waals surface area contributed by atoms with E-state index < -0.39 is 40.7 Å². The Kier molecular flexibility index (Phi) is 10.1. The van der Waals surface area contributed by atoms with E-state index in [2.05, 4.69) is 54.7 Å². The first-order valence-electron chi connectivity index (χ1n) is 17.6. The van der Waals surface area contributed by atoms with Crippen molar-refractivity contribution in [2.24, 2.45) is 23.2 Å². The molecule has 0 aromatic heterocycles. The topological polar surface area (TPSA) is 90.4 Å². The van der Waals surface area contributed by atoms with Gasteiger partial charge in [0.25, 0.3) is 0 Å². The number of carbonyl (C=O) groups is 3. The third-order valence-electron chi connectivity index (χ3n) is 11.1. The highest BCUT2D eigenvalue weighted by Gasteiger charge is 2.80. The molecule has 5 rings (SSSR count). The maximum absolute atomic E-state index is 15.4. The Labute approximate surface area is 292 Å². The third kappa shape index (κ3) is 6.38. The number of likely N-dealkylation sites (tertiary alicyclic amines) is 1. The molecule has 264 valence electrons. The van der Waals surface area contributed by atoms with E-state index >= 15 is 9.59 Å². The van der Waals surface area contributed by atoms with E-state index in [1.54, 1.807) is 22.0 Å². The zero-order valence-electron chi connectivity index (χ0n) is 30.4. The lowest BCUT2D eigenvalue weighted by Gasteiger charge is -2.46. The van der Waals surface area contributed by atoms with Crippen molar-refractivity contribution in [2.45, 2.75) is 96.6 Å². The highest BCUT2D eigenvalue weighted by atomic mass is 16.5. The van der Waals surface area contributed by atoms with Gasteiger partial charge in [0, 0.05) is 24.3 Å². The molecular weight excluding hydrogens is 614 g/mol. The van der Waals surface area contributed by atoms with Gasteiger partial charge < -0.3 is 24.5 Å². The van der Waals surface area contributed by atoms with Crippen molar-refractivity contribution in [1.29, 1.82) is 0 Å². The molecule has 3 fully saturated rings. The van der Waals surface area contributed by atoms with Crippen LogP contribution in [0.25, 0.3) is 0 Å². The second-order valence-electron chi connectivity index (χ2n) is 16.3. The Morgan fingerprint density at radius 2 is 1.59 bits per heavy atom. The highest BCUT2D eigenvalue weighted by Crippen LogP contribution is 2.66. The van der Waals surface area contributed by atoms with Gasteiger partial charge in [0.2, 0.25) is 17.7 Å². The molecule has 3 amide bonds. The lowest BCUT2D eigenvalue weighted by Crippen LogP contribution is -2.63. The van der Waals surface area contributed by atoms with Gasteiger partial charge in [-0.25, -0.2) is 0 Å². The average molecular weight is 670 g/mol. The number of fused-ring (bicyclic) bond motifs is 1. The standard InChI is InChI=1S/C41H55N3O5/c1-10-22-42(30-20-16-13-17-21-30)35(46)32-33-36(47)44(31(26-45)24-29-18-14-12-15-19-29)34(41(33)25-28(3)40(32,9)49-41)37(48)43(23-11-2)39(7,8)27-38(4,5)6/h10-21,28,31-34,45H,1-2,22-27H2,3-9H3/t28?,31-,32-,33+,34?,40+,41?/m1/s1. The summed E-state index contributed by atoms with van der Waals surface area (Å²) >= 11 is 0. The summed E-state index contributed by atoms with van der Waals surface area (Å²) in [6, 6.07) is 17.3. The number of hydrogen-bond donors (Lipinski definition) is 1. The van der Waals surface area contributed by atoms with E-state index in [4.69, 9.17) is 4.74 Å². The molecule has 3 saturated heterocycles. The SMILES string of the molecule is C=CCN(C(=O)[C@H]1[C@H]2C(=O)N([C@@H](CO)Cc3ccccc3)C(C(=O)N(CC=C)C(C)(C)CC(C)(C)C)C23CC(C)[C@]1(C)O3)c1ccccc1. The van der Waals surface area contributed by atoms with Gasteiger partial charge in [0.1, 0.15) is 11.6 Å². The molecule has 8 heteroatoms. The van der Waals surface area contributed by atoms with Crippen LogP contribution in [0.4, 0.5) is 5.69 Å². The molecule has 3 aliphatic heterocycles. The van der Waals surface area contributed by atoms with Gasteiger partial charge >= 0.3 is 0 Å². The Hall–Kier alpha value is -3.75. The number of ether oxygens (including phenoxy) is 1. The van der Waals surface area contributed by atoms with E-state index in [-0.39, 0.29) is 48.8 Å². The third-order valence-corrected chi connectivity index (χ3v) is 11.1. The Morgan fingerprint density at radius 3 is 2.14 bits per heavy atom. The van der Waals surface area contributed by atoms with E-state index in [0.29, 0.717) is 24.9 Å². The molecule has 8 nitrogen and oxygen atoms in total. The van der Waals surface area contributed by atoms with Crippen LogP contribution in [0.15, 0.2) is 86.0 Å². The van der Waals surface area contributed by atoms with Crippen molar-refractivity contribution in [3.05, 3.63) is 91.5 Å². The lowest BCUT2D eigenvalue weighted by atomic mass is 9.62. The summed E-state index contributed by atoms with van der Waals surface area (Å²) in [6.45, 7) is 22.6. The Balaban J connectivity index is 1.68. The molecule has 1 N–H and O–H groups in total. The molecule has 3 aliphatic rings. The summed E-state index contributed by atoms with van der Waals surface area (Å²) in [7, 11) is 0. The molecule has 7 atom stereocenters. The second-order valence-corrected chi connectivity index (χ2v) is 16.3. The predicted molar refractivity (Wildman–Crippen MR) is 194 cm³/mol. The predicted octanol–water partition coefficient (Wildman–Crippen LogP) is 6.05. The quantitative estimate of drug-likeness (QED) is 0.263. The number of aliphatic hydroxyl groups is 1. The zero-order valence-corrected chi connectivity index (χ0v) is 30.4. The van der Waals surface area contributed by atoms with Crippen molar-refractivity contribution < 1.29 is 24.2 Å². The number of hydrogen-bond acceptors (Lipinski definition) is 5. The van der Waals surface area contributed by atoms with Gasteiger partial charge in [-0.05, 0) is 69.1 Å². The largest absolute Gasteiger partial charge is 0.394 e. The number of amides is 3. The zero-order chi connectivity index (χ0) is 35.9. The van der Waals surface area contributed by atoms with Gasteiger partial charge in [0.05, 0.1) is 30.1 Å². The number of rotatable bonds is 13.